The van der Waals surface area contributed by atoms with Crippen molar-refractivity contribution in [3.05, 3.63) is 48.5 Å². The molecule has 2 N–H and O–H groups in total. The number of anilines is 1. The maximum Gasteiger partial charge on any atom is 0.243 e. The molecule has 0 bridgehead atoms. The van der Waals surface area contributed by atoms with Crippen molar-refractivity contribution in [3.8, 4) is 0 Å². The summed E-state index contributed by atoms with van der Waals surface area (Å²) in [6, 6.07) is 14.0. The van der Waals surface area contributed by atoms with Gasteiger partial charge in [-0.25, -0.2) is 13.4 Å². The van der Waals surface area contributed by atoms with Crippen LogP contribution in [0.3, 0.4) is 0 Å². The number of amides is 1. The SMILES string of the molecule is C[C@@H](Sc1nnc2c(n1)[nH]c1ccccc12)C(=O)Nc1cccc(S(=O)(=O)N2CCOCC2)c1. The Bertz CT molecular complexity index is 1470. The molecule has 1 amide bonds. The van der Waals surface area contributed by atoms with E-state index in [1.807, 2.05) is 24.3 Å². The molecule has 34 heavy (non-hydrogen) atoms. The molecule has 12 heteroatoms. The lowest BCUT2D eigenvalue weighted by molar-refractivity contribution is -0.115. The molecule has 1 aliphatic rings. The summed E-state index contributed by atoms with van der Waals surface area (Å²) < 4.78 is 32.4. The highest BCUT2D eigenvalue weighted by atomic mass is 32.2. The maximum absolute atomic E-state index is 12.9. The van der Waals surface area contributed by atoms with Gasteiger partial charge in [0.1, 0.15) is 5.52 Å². The van der Waals surface area contributed by atoms with E-state index >= 15 is 0 Å². The first-order valence-electron chi connectivity index (χ1n) is 10.7. The molecular weight excluding hydrogens is 476 g/mol. The predicted octanol–water partition coefficient (Wildman–Crippen LogP) is 2.65. The number of nitrogens with zero attached hydrogens (tertiary/aromatic N) is 4. The Morgan fingerprint density at radius 1 is 1.15 bits per heavy atom. The summed E-state index contributed by atoms with van der Waals surface area (Å²) in [4.78, 5) is 20.6. The zero-order valence-electron chi connectivity index (χ0n) is 18.3. The van der Waals surface area contributed by atoms with E-state index in [2.05, 4.69) is 25.5 Å². The first kappa shape index (κ1) is 22.7. The molecule has 0 spiro atoms. The van der Waals surface area contributed by atoms with Crippen molar-refractivity contribution in [2.75, 3.05) is 31.6 Å². The highest BCUT2D eigenvalue weighted by Gasteiger charge is 2.27. The number of hydrogen-bond acceptors (Lipinski definition) is 8. The van der Waals surface area contributed by atoms with Crippen LogP contribution >= 0.6 is 11.8 Å². The quantitative estimate of drug-likeness (QED) is 0.388. The van der Waals surface area contributed by atoms with Crippen LogP contribution in [0.2, 0.25) is 0 Å². The van der Waals surface area contributed by atoms with Crippen molar-refractivity contribution in [2.24, 2.45) is 0 Å². The third-order valence-electron chi connectivity index (χ3n) is 5.46. The predicted molar refractivity (Wildman–Crippen MR) is 129 cm³/mol. The molecule has 2 aromatic carbocycles. The average molecular weight is 499 g/mol. The molecule has 10 nitrogen and oxygen atoms in total. The van der Waals surface area contributed by atoms with E-state index in [1.54, 1.807) is 19.1 Å². The standard InChI is InChI=1S/C22H22N6O4S2/c1-14(33-22-25-20-19(26-27-22)17-7-2-3-8-18(17)24-20)21(29)23-15-5-4-6-16(13-15)34(30,31)28-9-11-32-12-10-28/h2-8,13-14H,9-12H2,1H3,(H,23,29)(H,24,25,27)/t14-/m1/s1. The van der Waals surface area contributed by atoms with E-state index in [0.29, 0.717) is 48.3 Å². The Morgan fingerprint density at radius 3 is 2.76 bits per heavy atom. The Kier molecular flexibility index (Phi) is 6.21. The maximum atomic E-state index is 12.9. The molecule has 0 saturated carbocycles. The summed E-state index contributed by atoms with van der Waals surface area (Å²) in [7, 11) is -3.66. The van der Waals surface area contributed by atoms with E-state index in [1.165, 1.54) is 28.2 Å². The molecule has 0 unspecified atom stereocenters. The molecular formula is C22H22N6O4S2. The average Bonchev–Trinajstić information content (AvgIpc) is 3.22. The number of carbonyl (C=O) groups excluding carboxylic acids is 1. The molecule has 1 atom stereocenters. The van der Waals surface area contributed by atoms with Gasteiger partial charge in [-0.2, -0.15) is 4.31 Å². The molecule has 3 heterocycles. The second-order valence-electron chi connectivity index (χ2n) is 7.76. The summed E-state index contributed by atoms with van der Waals surface area (Å²) in [5, 5.41) is 12.0. The second kappa shape index (κ2) is 9.29. The largest absolute Gasteiger partial charge is 0.379 e. The van der Waals surface area contributed by atoms with Crippen LogP contribution in [-0.4, -0.2) is 70.3 Å². The molecule has 176 valence electrons. The molecule has 1 aliphatic heterocycles. The summed E-state index contributed by atoms with van der Waals surface area (Å²) in [5.41, 5.74) is 2.60. The minimum Gasteiger partial charge on any atom is -0.379 e. The number of H-pyrrole nitrogens is 1. The van der Waals surface area contributed by atoms with E-state index in [0.717, 1.165) is 10.9 Å². The number of carbonyl (C=O) groups is 1. The van der Waals surface area contributed by atoms with Crippen molar-refractivity contribution < 1.29 is 17.9 Å². The number of morpholine rings is 1. The van der Waals surface area contributed by atoms with Gasteiger partial charge in [0.25, 0.3) is 0 Å². The van der Waals surface area contributed by atoms with Crippen LogP contribution < -0.4 is 5.32 Å². The topological polar surface area (TPSA) is 130 Å². The lowest BCUT2D eigenvalue weighted by Gasteiger charge is -2.26. The normalized spacial score (nSPS) is 16.0. The number of rotatable bonds is 6. The smallest absolute Gasteiger partial charge is 0.243 e. The monoisotopic (exact) mass is 498 g/mol. The van der Waals surface area contributed by atoms with Gasteiger partial charge in [0.15, 0.2) is 5.65 Å². The summed E-state index contributed by atoms with van der Waals surface area (Å²) >= 11 is 1.17. The van der Waals surface area contributed by atoms with Crippen molar-refractivity contribution in [1.82, 2.24) is 24.5 Å². The number of ether oxygens (including phenoxy) is 1. The van der Waals surface area contributed by atoms with E-state index in [4.69, 9.17) is 4.74 Å². The Labute approximate surface area is 200 Å². The fourth-order valence-corrected chi connectivity index (χ4v) is 5.85. The first-order valence-corrected chi connectivity index (χ1v) is 13.0. The zero-order valence-corrected chi connectivity index (χ0v) is 19.9. The number of aromatic amines is 1. The van der Waals surface area contributed by atoms with Gasteiger partial charge in [-0.1, -0.05) is 36.0 Å². The summed E-state index contributed by atoms with van der Waals surface area (Å²) in [6.45, 7) is 3.08. The molecule has 1 saturated heterocycles. The summed E-state index contributed by atoms with van der Waals surface area (Å²) in [5.74, 6) is -0.300. The molecule has 1 fully saturated rings. The second-order valence-corrected chi connectivity index (χ2v) is 11.0. The summed E-state index contributed by atoms with van der Waals surface area (Å²) in [6.07, 6.45) is 0. The molecule has 0 radical (unpaired) electrons. The number of hydrogen-bond donors (Lipinski definition) is 2. The Balaban J connectivity index is 1.29. The number of fused-ring (bicyclic) bond motifs is 3. The third-order valence-corrected chi connectivity index (χ3v) is 8.31. The van der Waals surface area contributed by atoms with Crippen LogP contribution in [0, 0.1) is 0 Å². The highest BCUT2D eigenvalue weighted by molar-refractivity contribution is 8.00. The molecule has 2 aromatic heterocycles. The van der Waals surface area contributed by atoms with E-state index in [9.17, 15) is 13.2 Å². The molecule has 4 aromatic rings. The number of para-hydroxylation sites is 1. The molecule has 0 aliphatic carbocycles. The number of thioether (sulfide) groups is 1. The van der Waals surface area contributed by atoms with Crippen LogP contribution in [-0.2, 0) is 19.6 Å². The Morgan fingerprint density at radius 2 is 1.94 bits per heavy atom. The number of sulfonamides is 1. The number of aromatic nitrogens is 4. The zero-order chi connectivity index (χ0) is 23.7. The lowest BCUT2D eigenvalue weighted by Crippen LogP contribution is -2.40. The van der Waals surface area contributed by atoms with Gasteiger partial charge in [-0.05, 0) is 31.2 Å². The minimum absolute atomic E-state index is 0.129. The number of benzene rings is 2. The van der Waals surface area contributed by atoms with Crippen LogP contribution in [0.1, 0.15) is 6.92 Å². The van der Waals surface area contributed by atoms with Gasteiger partial charge >= 0.3 is 0 Å². The van der Waals surface area contributed by atoms with Crippen LogP contribution in [0.4, 0.5) is 5.69 Å². The van der Waals surface area contributed by atoms with Crippen molar-refractivity contribution in [2.45, 2.75) is 22.2 Å². The fourth-order valence-electron chi connectivity index (χ4n) is 3.68. The highest BCUT2D eigenvalue weighted by Crippen LogP contribution is 2.26. The van der Waals surface area contributed by atoms with E-state index in [-0.39, 0.29) is 10.8 Å². The van der Waals surface area contributed by atoms with Crippen LogP contribution in [0.15, 0.2) is 58.6 Å². The van der Waals surface area contributed by atoms with Gasteiger partial charge in [0.2, 0.25) is 21.1 Å². The first-order chi connectivity index (χ1) is 16.4. The van der Waals surface area contributed by atoms with Gasteiger partial charge in [-0.15, -0.1) is 10.2 Å². The lowest BCUT2D eigenvalue weighted by atomic mass is 10.2. The third kappa shape index (κ3) is 4.49. The van der Waals surface area contributed by atoms with Crippen LogP contribution in [0.25, 0.3) is 22.1 Å². The van der Waals surface area contributed by atoms with Gasteiger partial charge in [0.05, 0.1) is 23.4 Å². The van der Waals surface area contributed by atoms with Gasteiger partial charge < -0.3 is 15.0 Å². The van der Waals surface area contributed by atoms with Crippen molar-refractivity contribution >= 4 is 55.4 Å². The van der Waals surface area contributed by atoms with Crippen molar-refractivity contribution in [3.63, 3.8) is 0 Å². The minimum atomic E-state index is -3.66. The fraction of sp³-hybridized carbons (Fsp3) is 0.273. The molecule has 5 rings (SSSR count). The van der Waals surface area contributed by atoms with Gasteiger partial charge in [-0.3, -0.25) is 4.79 Å². The Hall–Kier alpha value is -3.06. The van der Waals surface area contributed by atoms with Gasteiger partial charge in [0, 0.05) is 29.7 Å². The van der Waals surface area contributed by atoms with E-state index < -0.39 is 15.3 Å². The number of nitrogens with one attached hydrogen (secondary N) is 2. The van der Waals surface area contributed by atoms with Crippen molar-refractivity contribution in [1.29, 1.82) is 0 Å². The van der Waals surface area contributed by atoms with Crippen LogP contribution in [0.5, 0.6) is 0 Å².